The Labute approximate surface area is 103 Å². The molecule has 9 nitrogen and oxygen atoms in total. The monoisotopic (exact) mass is 254 g/mol. The molecule has 0 bridgehead atoms. The molecule has 3 aliphatic heterocycles. The fourth-order valence-corrected chi connectivity index (χ4v) is 2.47. The van der Waals surface area contributed by atoms with Crippen LogP contribution in [0.5, 0.6) is 0 Å². The Hall–Kier alpha value is -2.19. The minimum Gasteiger partial charge on any atom is -0.336 e. The molecule has 4 N–H and O–H groups in total. The quantitative estimate of drug-likeness (QED) is 0.458. The molecule has 0 unspecified atom stereocenters. The summed E-state index contributed by atoms with van der Waals surface area (Å²) in [6, 6.07) is -0.827. The van der Waals surface area contributed by atoms with Crippen molar-refractivity contribution in [3.8, 4) is 0 Å². The number of amides is 6. The van der Waals surface area contributed by atoms with E-state index < -0.39 is 12.3 Å². The Balaban J connectivity index is 1.80. The van der Waals surface area contributed by atoms with E-state index in [-0.39, 0.29) is 18.1 Å². The summed E-state index contributed by atoms with van der Waals surface area (Å²) in [6.07, 6.45) is -1.05. The Morgan fingerprint density at radius 3 is 1.61 bits per heavy atom. The molecule has 0 aliphatic carbocycles. The van der Waals surface area contributed by atoms with E-state index in [1.807, 2.05) is 0 Å². The van der Waals surface area contributed by atoms with Crippen LogP contribution in [0.3, 0.4) is 0 Å². The van der Waals surface area contributed by atoms with Gasteiger partial charge in [-0.3, -0.25) is 9.80 Å². The van der Waals surface area contributed by atoms with Crippen molar-refractivity contribution in [2.75, 3.05) is 26.2 Å². The van der Waals surface area contributed by atoms with Gasteiger partial charge in [-0.2, -0.15) is 0 Å². The molecule has 0 aromatic heterocycles. The first-order chi connectivity index (χ1) is 8.66. The number of carbonyl (C=O) groups excluding carboxylic acids is 3. The first-order valence-corrected chi connectivity index (χ1v) is 5.83. The predicted octanol–water partition coefficient (Wildman–Crippen LogP) is -2.00. The maximum atomic E-state index is 11.6. The zero-order valence-electron chi connectivity index (χ0n) is 9.60. The number of hydrogen-bond acceptors (Lipinski definition) is 3. The maximum Gasteiger partial charge on any atom is 0.319 e. The van der Waals surface area contributed by atoms with Gasteiger partial charge >= 0.3 is 18.1 Å². The molecule has 0 radical (unpaired) electrons. The van der Waals surface area contributed by atoms with Crippen molar-refractivity contribution >= 4 is 18.1 Å². The zero-order chi connectivity index (χ0) is 12.7. The van der Waals surface area contributed by atoms with Crippen LogP contribution >= 0.6 is 0 Å². The molecule has 3 heterocycles. The van der Waals surface area contributed by atoms with Gasteiger partial charge in [0, 0.05) is 26.2 Å². The molecule has 3 fully saturated rings. The van der Waals surface area contributed by atoms with E-state index in [1.165, 1.54) is 9.80 Å². The van der Waals surface area contributed by atoms with Crippen LogP contribution in [0.25, 0.3) is 0 Å². The summed E-state index contributed by atoms with van der Waals surface area (Å²) < 4.78 is 0. The number of urea groups is 3. The van der Waals surface area contributed by atoms with Crippen LogP contribution in [0.4, 0.5) is 14.4 Å². The number of nitrogens with one attached hydrogen (secondary N) is 4. The molecule has 0 aromatic carbocycles. The van der Waals surface area contributed by atoms with Gasteiger partial charge in [-0.15, -0.1) is 0 Å². The number of hydrogen-bond donors (Lipinski definition) is 4. The van der Waals surface area contributed by atoms with Crippen LogP contribution in [0, 0.1) is 0 Å². The van der Waals surface area contributed by atoms with Crippen LogP contribution in [0.2, 0.25) is 0 Å². The van der Waals surface area contributed by atoms with E-state index in [2.05, 4.69) is 21.3 Å². The molecule has 6 amide bonds. The smallest absolute Gasteiger partial charge is 0.319 e. The van der Waals surface area contributed by atoms with Crippen LogP contribution in [-0.4, -0.2) is 66.4 Å². The predicted molar refractivity (Wildman–Crippen MR) is 59.5 cm³/mol. The molecule has 0 aromatic rings. The van der Waals surface area contributed by atoms with Crippen molar-refractivity contribution in [1.29, 1.82) is 0 Å². The fraction of sp³-hybridized carbons (Fsp3) is 0.667. The Bertz CT molecular complexity index is 377. The second-order valence-corrected chi connectivity index (χ2v) is 4.36. The lowest BCUT2D eigenvalue weighted by Crippen LogP contribution is -2.57. The lowest BCUT2D eigenvalue weighted by atomic mass is 10.3. The second kappa shape index (κ2) is 3.93. The summed E-state index contributed by atoms with van der Waals surface area (Å²) in [6.45, 7) is 2.11. The maximum absolute atomic E-state index is 11.6. The standard InChI is InChI=1S/C9H14N6O3/c16-7-12-5(14-3-1-10-8(14)17)6(13-7)15-4-2-11-9(15)18/h5-6H,1-4H2,(H,10,17)(H,11,18)(H2,12,13,16)/t5-,6-/m0/s1. The van der Waals surface area contributed by atoms with E-state index in [4.69, 9.17) is 0 Å². The van der Waals surface area contributed by atoms with Crippen molar-refractivity contribution < 1.29 is 14.4 Å². The van der Waals surface area contributed by atoms with Crippen molar-refractivity contribution in [3.63, 3.8) is 0 Å². The zero-order valence-corrected chi connectivity index (χ0v) is 9.60. The SMILES string of the molecule is O=C1N[C@@H](N2CCNC2=O)[C@H](N2CCNC2=O)N1. The summed E-state index contributed by atoms with van der Waals surface area (Å²) in [5, 5.41) is 10.7. The van der Waals surface area contributed by atoms with Gasteiger partial charge < -0.3 is 21.3 Å². The van der Waals surface area contributed by atoms with Gasteiger partial charge in [-0.05, 0) is 0 Å². The third-order valence-electron chi connectivity index (χ3n) is 3.31. The Morgan fingerprint density at radius 2 is 1.28 bits per heavy atom. The molecule has 3 saturated heterocycles. The summed E-state index contributed by atoms with van der Waals surface area (Å²) in [4.78, 5) is 37.7. The molecule has 3 aliphatic rings. The molecular weight excluding hydrogens is 240 g/mol. The topological polar surface area (TPSA) is 106 Å². The van der Waals surface area contributed by atoms with E-state index in [1.54, 1.807) is 0 Å². The molecule has 3 rings (SSSR count). The average molecular weight is 254 g/mol. The van der Waals surface area contributed by atoms with E-state index in [0.29, 0.717) is 26.2 Å². The Kier molecular flexibility index (Phi) is 2.39. The molecule has 98 valence electrons. The summed E-state index contributed by atoms with van der Waals surface area (Å²) >= 11 is 0. The van der Waals surface area contributed by atoms with E-state index in [0.717, 1.165) is 0 Å². The highest BCUT2D eigenvalue weighted by atomic mass is 16.2. The molecule has 0 spiro atoms. The van der Waals surface area contributed by atoms with E-state index in [9.17, 15) is 14.4 Å². The van der Waals surface area contributed by atoms with Gasteiger partial charge in [0.05, 0.1) is 0 Å². The van der Waals surface area contributed by atoms with Gasteiger partial charge in [0.1, 0.15) is 12.3 Å². The molecule has 2 atom stereocenters. The van der Waals surface area contributed by atoms with Crippen molar-refractivity contribution in [2.45, 2.75) is 12.3 Å². The average Bonchev–Trinajstić information content (AvgIpc) is 2.99. The first-order valence-electron chi connectivity index (χ1n) is 5.83. The lowest BCUT2D eigenvalue weighted by Gasteiger charge is -2.31. The Morgan fingerprint density at radius 1 is 0.833 bits per heavy atom. The highest BCUT2D eigenvalue weighted by Crippen LogP contribution is 2.15. The largest absolute Gasteiger partial charge is 0.336 e. The number of nitrogens with zero attached hydrogens (tertiary/aromatic N) is 2. The number of carbonyl (C=O) groups is 3. The summed E-state index contributed by atoms with van der Waals surface area (Å²) in [5.41, 5.74) is 0. The highest BCUT2D eigenvalue weighted by molar-refractivity contribution is 5.83. The minimum absolute atomic E-state index is 0.228. The fourth-order valence-electron chi connectivity index (χ4n) is 2.47. The first kappa shape index (κ1) is 10.9. The van der Waals surface area contributed by atoms with Gasteiger partial charge in [0.25, 0.3) is 0 Å². The van der Waals surface area contributed by atoms with Crippen LogP contribution < -0.4 is 21.3 Å². The third kappa shape index (κ3) is 1.59. The van der Waals surface area contributed by atoms with Gasteiger partial charge in [-0.1, -0.05) is 0 Å². The van der Waals surface area contributed by atoms with Gasteiger partial charge in [-0.25, -0.2) is 14.4 Å². The minimum atomic E-state index is -0.524. The molecule has 18 heavy (non-hydrogen) atoms. The second-order valence-electron chi connectivity index (χ2n) is 4.36. The molecule has 0 saturated carbocycles. The summed E-state index contributed by atoms with van der Waals surface area (Å²) in [5.74, 6) is 0. The van der Waals surface area contributed by atoms with E-state index >= 15 is 0 Å². The normalized spacial score (nSPS) is 31.2. The molecular formula is C9H14N6O3. The molecule has 9 heteroatoms. The van der Waals surface area contributed by atoms with Crippen molar-refractivity contribution in [1.82, 2.24) is 31.1 Å². The summed E-state index contributed by atoms with van der Waals surface area (Å²) in [7, 11) is 0. The van der Waals surface area contributed by atoms with Crippen molar-refractivity contribution in [2.24, 2.45) is 0 Å². The highest BCUT2D eigenvalue weighted by Gasteiger charge is 2.45. The van der Waals surface area contributed by atoms with Crippen LogP contribution in [-0.2, 0) is 0 Å². The van der Waals surface area contributed by atoms with Crippen molar-refractivity contribution in [3.05, 3.63) is 0 Å². The van der Waals surface area contributed by atoms with Gasteiger partial charge in [0.15, 0.2) is 0 Å². The lowest BCUT2D eigenvalue weighted by molar-refractivity contribution is 0.131. The van der Waals surface area contributed by atoms with Crippen LogP contribution in [0.1, 0.15) is 0 Å². The third-order valence-corrected chi connectivity index (χ3v) is 3.31. The number of rotatable bonds is 2. The van der Waals surface area contributed by atoms with Gasteiger partial charge in [0.2, 0.25) is 0 Å². The van der Waals surface area contributed by atoms with Crippen LogP contribution in [0.15, 0.2) is 0 Å².